The average molecular weight is 708 g/mol. The number of carbonyl (C=O) groups excluding carboxylic acids is 2. The molecule has 1 fully saturated rings. The molecule has 0 saturated carbocycles. The van der Waals surface area contributed by atoms with E-state index in [0.717, 1.165) is 33.1 Å². The maximum atomic E-state index is 13.1. The number of rotatable bonds is 10. The first kappa shape index (κ1) is 34.4. The molecule has 14 heteroatoms. The van der Waals surface area contributed by atoms with Crippen LogP contribution in [-0.4, -0.2) is 58.8 Å². The zero-order chi connectivity index (χ0) is 35.0. The number of pyridine rings is 1. The quantitative estimate of drug-likeness (QED) is 0.222. The van der Waals surface area contributed by atoms with Crippen molar-refractivity contribution in [3.63, 3.8) is 0 Å². The number of hydrogen-bond acceptors (Lipinski definition) is 8. The van der Waals surface area contributed by atoms with Gasteiger partial charge in [-0.15, -0.1) is 0 Å². The molecule has 0 unspecified atom stereocenters. The minimum atomic E-state index is -0.723. The smallest absolute Gasteiger partial charge is 0.330 e. The van der Waals surface area contributed by atoms with E-state index in [1.807, 2.05) is 24.3 Å². The summed E-state index contributed by atoms with van der Waals surface area (Å²) in [4.78, 5) is 54.4. The van der Waals surface area contributed by atoms with Crippen molar-refractivity contribution in [2.24, 2.45) is 14.1 Å². The predicted molar refractivity (Wildman–Crippen MR) is 188 cm³/mol. The lowest BCUT2D eigenvalue weighted by Crippen LogP contribution is -2.40. The van der Waals surface area contributed by atoms with E-state index in [-0.39, 0.29) is 40.4 Å². The SMILES string of the molecule is COc1nc(-c2cccc(-c3cccc(NC(=O)c4cn(C)c(=O)n(C)c4=O)c3Cl)c2Cl)cc2c1[C@@H](NCC[C@@H]1CCC(=O)N1)[C@@H](OC)C2. The number of anilines is 1. The van der Waals surface area contributed by atoms with E-state index in [9.17, 15) is 19.2 Å². The molecular weight excluding hydrogens is 671 g/mol. The molecule has 3 atom stereocenters. The number of aromatic nitrogens is 3. The molecule has 2 aromatic carbocycles. The first-order valence-corrected chi connectivity index (χ1v) is 16.6. The van der Waals surface area contributed by atoms with Crippen LogP contribution in [0.1, 0.15) is 46.8 Å². The summed E-state index contributed by atoms with van der Waals surface area (Å²) in [5.74, 6) is -0.148. The highest BCUT2D eigenvalue weighted by atomic mass is 35.5. The van der Waals surface area contributed by atoms with E-state index in [1.165, 1.54) is 20.3 Å². The Labute approximate surface area is 292 Å². The van der Waals surface area contributed by atoms with E-state index in [2.05, 4.69) is 16.0 Å². The summed E-state index contributed by atoms with van der Waals surface area (Å²) in [6.45, 7) is 0.690. The van der Waals surface area contributed by atoms with Crippen LogP contribution < -0.4 is 31.9 Å². The molecular formula is C35H36Cl2N6O6. The Morgan fingerprint density at radius 2 is 1.76 bits per heavy atom. The summed E-state index contributed by atoms with van der Waals surface area (Å²) < 4.78 is 13.7. The van der Waals surface area contributed by atoms with Gasteiger partial charge >= 0.3 is 5.69 Å². The van der Waals surface area contributed by atoms with E-state index in [4.69, 9.17) is 37.7 Å². The molecule has 12 nitrogen and oxygen atoms in total. The van der Waals surface area contributed by atoms with Crippen molar-refractivity contribution >= 4 is 40.7 Å². The minimum Gasteiger partial charge on any atom is -0.481 e. The molecule has 4 aromatic rings. The lowest BCUT2D eigenvalue weighted by atomic mass is 9.99. The molecule has 1 saturated heterocycles. The summed E-state index contributed by atoms with van der Waals surface area (Å²) >= 11 is 13.9. The molecule has 3 N–H and O–H groups in total. The number of fused-ring (bicyclic) bond motifs is 1. The van der Waals surface area contributed by atoms with Crippen LogP contribution in [0, 0.1) is 0 Å². The molecule has 49 heavy (non-hydrogen) atoms. The van der Waals surface area contributed by atoms with Crippen molar-refractivity contribution in [1.82, 2.24) is 24.8 Å². The zero-order valence-corrected chi connectivity index (χ0v) is 28.9. The average Bonchev–Trinajstić information content (AvgIpc) is 3.68. The number of aryl methyl sites for hydroxylation is 1. The number of nitrogens with one attached hydrogen (secondary N) is 3. The Hall–Kier alpha value is -4.49. The van der Waals surface area contributed by atoms with Crippen molar-refractivity contribution in [3.05, 3.63) is 96.2 Å². The monoisotopic (exact) mass is 706 g/mol. The topological polar surface area (TPSA) is 146 Å². The number of carbonyl (C=O) groups is 2. The van der Waals surface area contributed by atoms with Gasteiger partial charge in [-0.05, 0) is 37.1 Å². The predicted octanol–water partition coefficient (Wildman–Crippen LogP) is 4.25. The largest absolute Gasteiger partial charge is 0.481 e. The fourth-order valence-corrected chi connectivity index (χ4v) is 7.19. The van der Waals surface area contributed by atoms with Gasteiger partial charge in [0.25, 0.3) is 11.5 Å². The lowest BCUT2D eigenvalue weighted by molar-refractivity contribution is -0.119. The summed E-state index contributed by atoms with van der Waals surface area (Å²) in [5, 5.41) is 9.92. The van der Waals surface area contributed by atoms with Crippen molar-refractivity contribution in [1.29, 1.82) is 0 Å². The molecule has 256 valence electrons. The maximum absolute atomic E-state index is 13.1. The van der Waals surface area contributed by atoms with Crippen molar-refractivity contribution in [2.45, 2.75) is 43.9 Å². The van der Waals surface area contributed by atoms with Crippen LogP contribution in [-0.2, 0) is 30.0 Å². The minimum absolute atomic E-state index is 0.0974. The van der Waals surface area contributed by atoms with Gasteiger partial charge in [0.15, 0.2) is 0 Å². The third-order valence-electron chi connectivity index (χ3n) is 9.15. The fraction of sp³-hybridized carbons (Fsp3) is 0.343. The Kier molecular flexibility index (Phi) is 9.94. The number of benzene rings is 2. The van der Waals surface area contributed by atoms with Crippen LogP contribution in [0.15, 0.2) is 58.3 Å². The molecule has 2 aromatic heterocycles. The Balaban J connectivity index is 1.29. The third kappa shape index (κ3) is 6.61. The van der Waals surface area contributed by atoms with Crippen LogP contribution in [0.3, 0.4) is 0 Å². The maximum Gasteiger partial charge on any atom is 0.330 e. The highest BCUT2D eigenvalue weighted by Crippen LogP contribution is 2.44. The van der Waals surface area contributed by atoms with Gasteiger partial charge in [-0.2, -0.15) is 0 Å². The number of ether oxygens (including phenoxy) is 2. The molecule has 2 aliphatic rings. The molecule has 0 bridgehead atoms. The summed E-state index contributed by atoms with van der Waals surface area (Å²) in [7, 11) is 6.03. The number of amides is 2. The van der Waals surface area contributed by atoms with E-state index in [0.29, 0.717) is 52.7 Å². The zero-order valence-electron chi connectivity index (χ0n) is 27.4. The van der Waals surface area contributed by atoms with Crippen LogP contribution in [0.5, 0.6) is 5.88 Å². The third-order valence-corrected chi connectivity index (χ3v) is 9.97. The van der Waals surface area contributed by atoms with Gasteiger partial charge < -0.3 is 30.0 Å². The molecule has 6 rings (SSSR count). The molecule has 1 aliphatic heterocycles. The Bertz CT molecular complexity index is 2080. The summed E-state index contributed by atoms with van der Waals surface area (Å²) in [6, 6.07) is 12.7. The van der Waals surface area contributed by atoms with Gasteiger partial charge in [-0.25, -0.2) is 9.78 Å². The van der Waals surface area contributed by atoms with Gasteiger partial charge in [0, 0.05) is 68.5 Å². The van der Waals surface area contributed by atoms with Crippen LogP contribution in [0.2, 0.25) is 10.0 Å². The van der Waals surface area contributed by atoms with Gasteiger partial charge in [-0.1, -0.05) is 53.5 Å². The molecule has 0 radical (unpaired) electrons. The second-order valence-corrected chi connectivity index (χ2v) is 12.9. The molecule has 3 heterocycles. The number of hydrogen-bond donors (Lipinski definition) is 3. The van der Waals surface area contributed by atoms with Crippen molar-refractivity contribution in [2.75, 3.05) is 26.1 Å². The lowest BCUT2D eigenvalue weighted by Gasteiger charge is -2.23. The normalized spacial score (nSPS) is 18.3. The van der Waals surface area contributed by atoms with E-state index < -0.39 is 17.2 Å². The fourth-order valence-electron chi connectivity index (χ4n) is 6.59. The standard InChI is InChI=1S/C35H36Cl2N6O6/c1-42-17-23(34(46)43(2)35(42)47)32(45)40-24-10-6-8-21(30(24)37)20-7-5-9-22(29(20)36)25-15-18-16-26(48-3)31(28(18)33(41-25)49-4)38-14-13-19-11-12-27(44)39-19/h5-10,15,17,19,26,31,38H,11-14,16H2,1-4H3,(H,39,44)(H,40,45)/t19-,26-,31-/m0/s1. The van der Waals surface area contributed by atoms with Gasteiger partial charge in [-0.3, -0.25) is 19.0 Å². The van der Waals surface area contributed by atoms with E-state index in [1.54, 1.807) is 32.4 Å². The van der Waals surface area contributed by atoms with Crippen molar-refractivity contribution < 1.29 is 19.1 Å². The first-order valence-electron chi connectivity index (χ1n) is 15.8. The molecule has 2 amide bonds. The summed E-state index contributed by atoms with van der Waals surface area (Å²) in [6.07, 6.45) is 3.91. The second-order valence-electron chi connectivity index (χ2n) is 12.2. The summed E-state index contributed by atoms with van der Waals surface area (Å²) in [5.41, 5.74) is 3.15. The number of nitrogens with zero attached hydrogens (tertiary/aromatic N) is 3. The second kappa shape index (κ2) is 14.2. The number of methoxy groups -OCH3 is 2. The van der Waals surface area contributed by atoms with Crippen LogP contribution in [0.4, 0.5) is 5.69 Å². The van der Waals surface area contributed by atoms with Crippen molar-refractivity contribution in [3.8, 4) is 28.3 Å². The van der Waals surface area contributed by atoms with Crippen LogP contribution >= 0.6 is 23.2 Å². The Morgan fingerprint density at radius 3 is 2.45 bits per heavy atom. The highest BCUT2D eigenvalue weighted by molar-refractivity contribution is 6.39. The van der Waals surface area contributed by atoms with Gasteiger partial charge in [0.2, 0.25) is 11.8 Å². The highest BCUT2D eigenvalue weighted by Gasteiger charge is 2.37. The number of halogens is 2. The molecule has 1 aliphatic carbocycles. The van der Waals surface area contributed by atoms with Gasteiger partial charge in [0.05, 0.1) is 40.7 Å². The Morgan fingerprint density at radius 1 is 1.04 bits per heavy atom. The molecule has 0 spiro atoms. The van der Waals surface area contributed by atoms with Gasteiger partial charge in [0.1, 0.15) is 5.56 Å². The van der Waals surface area contributed by atoms with Crippen LogP contribution in [0.25, 0.3) is 22.4 Å². The van der Waals surface area contributed by atoms with E-state index >= 15 is 0 Å². The first-order chi connectivity index (χ1) is 23.5.